The Morgan fingerprint density at radius 1 is 1.47 bits per heavy atom. The molecule has 1 aromatic rings. The van der Waals surface area contributed by atoms with Gasteiger partial charge in [0.05, 0.1) is 17.7 Å². The van der Waals surface area contributed by atoms with Crippen molar-refractivity contribution in [2.24, 2.45) is 0 Å². The molecule has 0 aliphatic rings. The molecule has 1 aromatic carbocycles. The number of halogens is 1. The van der Waals surface area contributed by atoms with E-state index < -0.39 is 11.9 Å². The van der Waals surface area contributed by atoms with Crippen LogP contribution in [0.25, 0.3) is 0 Å². The van der Waals surface area contributed by atoms with E-state index >= 15 is 0 Å². The van der Waals surface area contributed by atoms with Gasteiger partial charge < -0.3 is 9.84 Å². The van der Waals surface area contributed by atoms with Gasteiger partial charge in [0.15, 0.2) is 0 Å². The van der Waals surface area contributed by atoms with Crippen LogP contribution in [-0.4, -0.2) is 23.7 Å². The molecule has 0 aliphatic heterocycles. The minimum atomic E-state index is -1.08. The lowest BCUT2D eigenvalue weighted by atomic mass is 10.1. The van der Waals surface area contributed by atoms with Gasteiger partial charge in [-0.25, -0.2) is 9.59 Å². The third kappa shape index (κ3) is 2.79. The summed E-state index contributed by atoms with van der Waals surface area (Å²) in [7, 11) is 0. The number of rotatable bonds is 3. The Balaban J connectivity index is 3.10. The van der Waals surface area contributed by atoms with Crippen LogP contribution >= 0.6 is 15.9 Å². The maximum absolute atomic E-state index is 11.4. The number of carbonyl (C=O) groups excluding carboxylic acids is 1. The van der Waals surface area contributed by atoms with Gasteiger partial charge in [-0.15, -0.1) is 0 Å². The minimum Gasteiger partial charge on any atom is -0.478 e. The lowest BCUT2D eigenvalue weighted by Crippen LogP contribution is -2.07. The number of ether oxygens (including phenoxy) is 1. The van der Waals surface area contributed by atoms with Crippen LogP contribution in [0.2, 0.25) is 0 Å². The van der Waals surface area contributed by atoms with Crippen LogP contribution in [0.3, 0.4) is 0 Å². The molecular formula is C10H9BrO4. The third-order valence-corrected chi connectivity index (χ3v) is 2.40. The molecule has 80 valence electrons. The maximum atomic E-state index is 11.4. The summed E-state index contributed by atoms with van der Waals surface area (Å²) in [6.45, 7) is 1.94. The van der Waals surface area contributed by atoms with Crippen molar-refractivity contribution in [1.82, 2.24) is 0 Å². The number of aromatic carboxylic acids is 1. The molecule has 0 amide bonds. The SMILES string of the molecule is CCOC(=O)c1cc(C(=O)O)ccc1Br. The molecule has 4 nitrogen and oxygen atoms in total. The average molecular weight is 273 g/mol. The Hall–Kier alpha value is -1.36. The second kappa shape index (κ2) is 4.93. The topological polar surface area (TPSA) is 63.6 Å². The first kappa shape index (κ1) is 11.7. The van der Waals surface area contributed by atoms with E-state index in [1.165, 1.54) is 18.2 Å². The molecule has 15 heavy (non-hydrogen) atoms. The van der Waals surface area contributed by atoms with Crippen LogP contribution in [0.1, 0.15) is 27.6 Å². The summed E-state index contributed by atoms with van der Waals surface area (Å²) in [5.74, 6) is -1.61. The molecule has 0 fully saturated rings. The van der Waals surface area contributed by atoms with Crippen LogP contribution in [0, 0.1) is 0 Å². The zero-order chi connectivity index (χ0) is 11.4. The summed E-state index contributed by atoms with van der Waals surface area (Å²) in [6.07, 6.45) is 0. The Morgan fingerprint density at radius 3 is 2.67 bits per heavy atom. The second-order valence-corrected chi connectivity index (χ2v) is 3.57. The smallest absolute Gasteiger partial charge is 0.339 e. The number of hydrogen-bond donors (Lipinski definition) is 1. The van der Waals surface area contributed by atoms with E-state index in [0.717, 1.165) is 0 Å². The van der Waals surface area contributed by atoms with E-state index in [0.29, 0.717) is 4.47 Å². The number of esters is 1. The summed E-state index contributed by atoms with van der Waals surface area (Å²) < 4.78 is 5.30. The third-order valence-electron chi connectivity index (χ3n) is 1.71. The maximum Gasteiger partial charge on any atom is 0.339 e. The van der Waals surface area contributed by atoms with Crippen molar-refractivity contribution < 1.29 is 19.4 Å². The monoisotopic (exact) mass is 272 g/mol. The van der Waals surface area contributed by atoms with Gasteiger partial charge in [-0.3, -0.25) is 0 Å². The molecular weight excluding hydrogens is 264 g/mol. The van der Waals surface area contributed by atoms with Gasteiger partial charge >= 0.3 is 11.9 Å². The number of hydrogen-bond acceptors (Lipinski definition) is 3. The summed E-state index contributed by atoms with van der Waals surface area (Å²) in [5, 5.41) is 8.74. The lowest BCUT2D eigenvalue weighted by molar-refractivity contribution is 0.0525. The Morgan fingerprint density at radius 2 is 2.13 bits per heavy atom. The quantitative estimate of drug-likeness (QED) is 0.858. The first-order valence-electron chi connectivity index (χ1n) is 4.26. The Bertz CT molecular complexity index is 400. The van der Waals surface area contributed by atoms with Gasteiger partial charge in [0.2, 0.25) is 0 Å². The predicted molar refractivity (Wildman–Crippen MR) is 57.1 cm³/mol. The van der Waals surface area contributed by atoms with Crippen LogP contribution in [0.15, 0.2) is 22.7 Å². The van der Waals surface area contributed by atoms with Gasteiger partial charge in [0, 0.05) is 4.47 Å². The largest absolute Gasteiger partial charge is 0.478 e. The van der Waals surface area contributed by atoms with Crippen molar-refractivity contribution in [3.05, 3.63) is 33.8 Å². The van der Waals surface area contributed by atoms with Crippen molar-refractivity contribution in [2.75, 3.05) is 6.61 Å². The molecule has 0 heterocycles. The van der Waals surface area contributed by atoms with Gasteiger partial charge in [0.1, 0.15) is 0 Å². The van der Waals surface area contributed by atoms with Crippen LogP contribution in [0.5, 0.6) is 0 Å². The van der Waals surface area contributed by atoms with Crippen LogP contribution in [-0.2, 0) is 4.74 Å². The van der Waals surface area contributed by atoms with E-state index in [4.69, 9.17) is 9.84 Å². The van der Waals surface area contributed by atoms with Gasteiger partial charge in [0.25, 0.3) is 0 Å². The van der Waals surface area contributed by atoms with E-state index in [2.05, 4.69) is 15.9 Å². The molecule has 0 atom stereocenters. The van der Waals surface area contributed by atoms with Gasteiger partial charge in [-0.05, 0) is 41.1 Å². The Labute approximate surface area is 95.0 Å². The normalized spacial score (nSPS) is 9.73. The molecule has 0 aromatic heterocycles. The first-order valence-corrected chi connectivity index (χ1v) is 5.05. The number of carbonyl (C=O) groups is 2. The first-order chi connectivity index (χ1) is 7.06. The molecule has 1 rings (SSSR count). The second-order valence-electron chi connectivity index (χ2n) is 2.72. The van der Waals surface area contributed by atoms with Crippen molar-refractivity contribution >= 4 is 27.9 Å². The number of carboxylic acids is 1. The van der Waals surface area contributed by atoms with Crippen LogP contribution in [0.4, 0.5) is 0 Å². The molecule has 0 saturated carbocycles. The van der Waals surface area contributed by atoms with E-state index in [-0.39, 0.29) is 17.7 Å². The summed E-state index contributed by atoms with van der Waals surface area (Å²) in [5.41, 5.74) is 0.276. The highest BCUT2D eigenvalue weighted by molar-refractivity contribution is 9.10. The standard InChI is InChI=1S/C10H9BrO4/c1-2-15-10(14)7-5-6(9(12)13)3-4-8(7)11/h3-5H,2H2,1H3,(H,12,13). The highest BCUT2D eigenvalue weighted by Crippen LogP contribution is 2.19. The predicted octanol–water partition coefficient (Wildman–Crippen LogP) is 2.32. The highest BCUT2D eigenvalue weighted by atomic mass is 79.9. The van der Waals surface area contributed by atoms with Gasteiger partial charge in [-0.2, -0.15) is 0 Å². The van der Waals surface area contributed by atoms with Crippen LogP contribution < -0.4 is 0 Å². The van der Waals surface area contributed by atoms with Crippen molar-refractivity contribution in [2.45, 2.75) is 6.92 Å². The zero-order valence-electron chi connectivity index (χ0n) is 7.99. The summed E-state index contributed by atoms with van der Waals surface area (Å²) >= 11 is 3.16. The molecule has 5 heteroatoms. The average Bonchev–Trinajstić information content (AvgIpc) is 2.18. The fourth-order valence-corrected chi connectivity index (χ4v) is 1.43. The van der Waals surface area contributed by atoms with Crippen molar-refractivity contribution in [3.63, 3.8) is 0 Å². The fourth-order valence-electron chi connectivity index (χ4n) is 1.02. The molecule has 0 unspecified atom stereocenters. The number of carboxylic acid groups (broad SMARTS) is 1. The lowest BCUT2D eigenvalue weighted by Gasteiger charge is -2.04. The summed E-state index contributed by atoms with van der Waals surface area (Å²) in [4.78, 5) is 22.1. The fraction of sp³-hybridized carbons (Fsp3) is 0.200. The number of benzene rings is 1. The highest BCUT2D eigenvalue weighted by Gasteiger charge is 2.14. The molecule has 0 aliphatic carbocycles. The molecule has 1 N–H and O–H groups in total. The van der Waals surface area contributed by atoms with Gasteiger partial charge in [-0.1, -0.05) is 0 Å². The molecule has 0 radical (unpaired) electrons. The molecule has 0 bridgehead atoms. The van der Waals surface area contributed by atoms with Crippen molar-refractivity contribution in [3.8, 4) is 0 Å². The van der Waals surface area contributed by atoms with E-state index in [1.807, 2.05) is 0 Å². The molecule has 0 spiro atoms. The van der Waals surface area contributed by atoms with E-state index in [1.54, 1.807) is 6.92 Å². The zero-order valence-corrected chi connectivity index (χ0v) is 9.58. The molecule has 0 saturated heterocycles. The summed E-state index contributed by atoms with van der Waals surface area (Å²) in [6, 6.07) is 4.20. The minimum absolute atomic E-state index is 0.0567. The van der Waals surface area contributed by atoms with E-state index in [9.17, 15) is 9.59 Å². The Kier molecular flexibility index (Phi) is 3.85. The van der Waals surface area contributed by atoms with Crippen molar-refractivity contribution in [1.29, 1.82) is 0 Å².